The lowest BCUT2D eigenvalue weighted by atomic mass is 10.1. The van der Waals surface area contributed by atoms with Gasteiger partial charge in [-0.25, -0.2) is 0 Å². The molecule has 66 valence electrons. The summed E-state index contributed by atoms with van der Waals surface area (Å²) in [5, 5.41) is 7.62. The highest BCUT2D eigenvalue weighted by Crippen LogP contribution is 2.27. The number of nitrogens with zero attached hydrogens (tertiary/aromatic N) is 2. The molecule has 0 saturated heterocycles. The second kappa shape index (κ2) is 3.30. The smallest absolute Gasteiger partial charge is 0.0645 e. The highest BCUT2D eigenvalue weighted by atomic mass is 79.9. The summed E-state index contributed by atoms with van der Waals surface area (Å²) in [5.41, 5.74) is 3.33. The summed E-state index contributed by atoms with van der Waals surface area (Å²) in [6.45, 7) is 2.05. The molecule has 0 atom stereocenters. The third-order valence-corrected chi connectivity index (χ3v) is 2.54. The largest absolute Gasteiger partial charge is 0.361 e. The van der Waals surface area contributed by atoms with Crippen molar-refractivity contribution >= 4 is 15.9 Å². The maximum absolute atomic E-state index is 3.84. The highest BCUT2D eigenvalue weighted by Gasteiger charge is 2.06. The first-order valence-electron chi connectivity index (χ1n) is 3.89. The molecule has 0 aliphatic carbocycles. The van der Waals surface area contributed by atoms with Crippen LogP contribution in [-0.2, 0) is 0 Å². The summed E-state index contributed by atoms with van der Waals surface area (Å²) >= 11 is 3.43. The Labute approximate surface area is 84.3 Å². The van der Waals surface area contributed by atoms with Crippen molar-refractivity contribution in [3.8, 4) is 11.3 Å². The van der Waals surface area contributed by atoms with Crippen molar-refractivity contribution in [3.05, 3.63) is 34.7 Å². The molecule has 0 unspecified atom stereocenters. The Kier molecular flexibility index (Phi) is 2.14. The van der Waals surface area contributed by atoms with Crippen LogP contribution in [0.1, 0.15) is 5.56 Å². The van der Waals surface area contributed by atoms with Crippen LogP contribution in [0.25, 0.3) is 11.3 Å². The van der Waals surface area contributed by atoms with Crippen LogP contribution >= 0.6 is 15.9 Å². The minimum Gasteiger partial charge on any atom is -0.361 e. The van der Waals surface area contributed by atoms with Crippen LogP contribution in [0, 0.1) is 6.92 Å². The number of H-pyrrole nitrogens is 1. The van der Waals surface area contributed by atoms with Crippen LogP contribution in [0.5, 0.6) is 0 Å². The molecule has 2 rings (SSSR count). The Morgan fingerprint density at radius 1 is 1.31 bits per heavy atom. The van der Waals surface area contributed by atoms with Crippen molar-refractivity contribution in [2.45, 2.75) is 6.92 Å². The van der Waals surface area contributed by atoms with Crippen molar-refractivity contribution in [3.63, 3.8) is 0 Å². The quantitative estimate of drug-likeness (QED) is 0.829. The predicted molar refractivity (Wildman–Crippen MR) is 54.3 cm³/mol. The van der Waals surface area contributed by atoms with Crippen molar-refractivity contribution in [1.82, 2.24) is 15.2 Å². The zero-order chi connectivity index (χ0) is 9.26. The van der Waals surface area contributed by atoms with Crippen molar-refractivity contribution in [2.75, 3.05) is 0 Å². The van der Waals surface area contributed by atoms with Gasteiger partial charge in [-0.2, -0.15) is 10.2 Å². The fourth-order valence-corrected chi connectivity index (χ4v) is 1.62. The summed E-state index contributed by atoms with van der Waals surface area (Å²) in [6.07, 6.45) is 5.34. The van der Waals surface area contributed by atoms with E-state index in [0.29, 0.717) is 0 Å². The third-order valence-electron chi connectivity index (χ3n) is 1.91. The van der Waals surface area contributed by atoms with E-state index in [1.165, 1.54) is 5.56 Å². The Balaban J connectivity index is 2.59. The molecule has 0 aliphatic heterocycles. The second-order valence-electron chi connectivity index (χ2n) is 2.79. The molecule has 0 spiro atoms. The lowest BCUT2D eigenvalue weighted by Crippen LogP contribution is -1.86. The number of aryl methyl sites for hydroxylation is 1. The number of nitrogens with one attached hydrogen (secondary N) is 1. The number of hydrogen-bond acceptors (Lipinski definition) is 2. The van der Waals surface area contributed by atoms with Crippen LogP contribution in [-0.4, -0.2) is 15.2 Å². The standard InChI is InChI=1S/C9H8BrN3/c1-6-2-3-11-9(6)7-4-12-13-5-8(7)10/h2-5,11H,1H3. The monoisotopic (exact) mass is 237 g/mol. The Hall–Kier alpha value is -1.16. The van der Waals surface area contributed by atoms with E-state index < -0.39 is 0 Å². The summed E-state index contributed by atoms with van der Waals surface area (Å²) in [4.78, 5) is 3.16. The van der Waals surface area contributed by atoms with Crippen LogP contribution < -0.4 is 0 Å². The lowest BCUT2D eigenvalue weighted by molar-refractivity contribution is 1.02. The first kappa shape index (κ1) is 8.44. The maximum Gasteiger partial charge on any atom is 0.0645 e. The highest BCUT2D eigenvalue weighted by molar-refractivity contribution is 9.10. The molecule has 2 aromatic rings. The number of hydrogen-bond donors (Lipinski definition) is 1. The summed E-state index contributed by atoms with van der Waals surface area (Å²) in [6, 6.07) is 2.03. The zero-order valence-electron chi connectivity index (χ0n) is 7.08. The molecular weight excluding hydrogens is 230 g/mol. The van der Waals surface area contributed by atoms with Crippen molar-refractivity contribution in [1.29, 1.82) is 0 Å². The molecule has 2 aromatic heterocycles. The van der Waals surface area contributed by atoms with Crippen molar-refractivity contribution in [2.24, 2.45) is 0 Å². The van der Waals surface area contributed by atoms with Gasteiger partial charge in [-0.05, 0) is 34.5 Å². The molecule has 0 aromatic carbocycles. The molecular formula is C9H8BrN3. The number of halogens is 1. The summed E-state index contributed by atoms with van der Waals surface area (Å²) in [5.74, 6) is 0. The number of aromatic amines is 1. The molecule has 4 heteroatoms. The van der Waals surface area contributed by atoms with E-state index in [4.69, 9.17) is 0 Å². The minimum atomic E-state index is 0.952. The van der Waals surface area contributed by atoms with Crippen molar-refractivity contribution < 1.29 is 0 Å². The third kappa shape index (κ3) is 1.49. The molecule has 0 saturated carbocycles. The molecule has 0 fully saturated rings. The van der Waals surface area contributed by atoms with E-state index in [1.807, 2.05) is 12.3 Å². The maximum atomic E-state index is 3.84. The van der Waals surface area contributed by atoms with Gasteiger partial charge in [0.25, 0.3) is 0 Å². The van der Waals surface area contributed by atoms with E-state index in [2.05, 4.69) is 38.0 Å². The predicted octanol–water partition coefficient (Wildman–Crippen LogP) is 2.54. The van der Waals surface area contributed by atoms with Gasteiger partial charge in [-0.15, -0.1) is 0 Å². The fourth-order valence-electron chi connectivity index (χ4n) is 1.23. The van der Waals surface area contributed by atoms with Gasteiger partial charge in [0.2, 0.25) is 0 Å². The van der Waals surface area contributed by atoms with Crippen LogP contribution in [0.3, 0.4) is 0 Å². The normalized spacial score (nSPS) is 10.3. The molecule has 0 amide bonds. The topological polar surface area (TPSA) is 41.6 Å². The molecule has 13 heavy (non-hydrogen) atoms. The molecule has 0 radical (unpaired) electrons. The van der Waals surface area contributed by atoms with Gasteiger partial charge in [0.05, 0.1) is 18.1 Å². The Bertz CT molecular complexity index is 422. The van der Waals surface area contributed by atoms with Gasteiger partial charge in [-0.3, -0.25) is 0 Å². The number of rotatable bonds is 1. The zero-order valence-corrected chi connectivity index (χ0v) is 8.67. The van der Waals surface area contributed by atoms with Gasteiger partial charge in [0, 0.05) is 16.2 Å². The van der Waals surface area contributed by atoms with Crippen LogP contribution in [0.4, 0.5) is 0 Å². The molecule has 0 bridgehead atoms. The van der Waals surface area contributed by atoms with E-state index in [-0.39, 0.29) is 0 Å². The molecule has 0 aliphatic rings. The number of aromatic nitrogens is 3. The average Bonchev–Trinajstić information content (AvgIpc) is 2.52. The first-order chi connectivity index (χ1) is 6.29. The average molecular weight is 238 g/mol. The summed E-state index contributed by atoms with van der Waals surface area (Å²) in [7, 11) is 0. The van der Waals surface area contributed by atoms with E-state index in [9.17, 15) is 0 Å². The van der Waals surface area contributed by atoms with E-state index in [0.717, 1.165) is 15.7 Å². The minimum absolute atomic E-state index is 0.952. The Morgan fingerprint density at radius 2 is 2.08 bits per heavy atom. The van der Waals surface area contributed by atoms with Gasteiger partial charge < -0.3 is 4.98 Å². The van der Waals surface area contributed by atoms with E-state index in [1.54, 1.807) is 12.4 Å². The molecule has 3 nitrogen and oxygen atoms in total. The Morgan fingerprint density at radius 3 is 2.69 bits per heavy atom. The SMILES string of the molecule is Cc1cc[nH]c1-c1cnncc1Br. The van der Waals surface area contributed by atoms with Crippen LogP contribution in [0.15, 0.2) is 29.1 Å². The molecule has 2 heterocycles. The molecule has 1 N–H and O–H groups in total. The van der Waals surface area contributed by atoms with Gasteiger partial charge >= 0.3 is 0 Å². The van der Waals surface area contributed by atoms with Crippen LogP contribution in [0.2, 0.25) is 0 Å². The van der Waals surface area contributed by atoms with Gasteiger partial charge in [-0.1, -0.05) is 0 Å². The fraction of sp³-hybridized carbons (Fsp3) is 0.111. The van der Waals surface area contributed by atoms with Gasteiger partial charge in [0.15, 0.2) is 0 Å². The van der Waals surface area contributed by atoms with E-state index >= 15 is 0 Å². The first-order valence-corrected chi connectivity index (χ1v) is 4.69. The summed E-state index contributed by atoms with van der Waals surface area (Å²) < 4.78 is 0.952. The second-order valence-corrected chi connectivity index (χ2v) is 3.64. The lowest BCUT2D eigenvalue weighted by Gasteiger charge is -2.01. The van der Waals surface area contributed by atoms with Gasteiger partial charge in [0.1, 0.15) is 0 Å².